The molecule has 5 heteroatoms. The number of anilines is 1. The van der Waals surface area contributed by atoms with Gasteiger partial charge in [0.2, 0.25) is 0 Å². The third-order valence-electron chi connectivity index (χ3n) is 3.18. The average molecular weight is 270 g/mol. The smallest absolute Gasteiger partial charge is 0.252 e. The van der Waals surface area contributed by atoms with Crippen LogP contribution in [0.4, 0.5) is 5.82 Å². The van der Waals surface area contributed by atoms with Crippen LogP contribution in [-0.4, -0.2) is 17.4 Å². The van der Waals surface area contributed by atoms with Gasteiger partial charge in [-0.3, -0.25) is 4.79 Å². The molecule has 4 nitrogen and oxygen atoms in total. The SMILES string of the molecule is CC(CNC(=O)c1cnc(N)c(Cl)c1)C(C)(C)C. The highest BCUT2D eigenvalue weighted by atomic mass is 35.5. The lowest BCUT2D eigenvalue weighted by atomic mass is 9.82. The van der Waals surface area contributed by atoms with Crippen LogP contribution >= 0.6 is 11.6 Å². The second kappa shape index (κ2) is 5.57. The Bertz CT molecular complexity index is 440. The maximum Gasteiger partial charge on any atom is 0.252 e. The van der Waals surface area contributed by atoms with Crippen LogP contribution < -0.4 is 11.1 Å². The minimum atomic E-state index is -0.180. The third kappa shape index (κ3) is 3.88. The molecule has 0 fully saturated rings. The number of carbonyl (C=O) groups is 1. The van der Waals surface area contributed by atoms with Crippen molar-refractivity contribution in [2.45, 2.75) is 27.7 Å². The zero-order valence-corrected chi connectivity index (χ0v) is 12.0. The van der Waals surface area contributed by atoms with Gasteiger partial charge in [-0.2, -0.15) is 0 Å². The molecule has 1 aromatic rings. The molecule has 1 heterocycles. The first-order valence-electron chi connectivity index (χ1n) is 5.91. The number of nitrogens with zero attached hydrogens (tertiary/aromatic N) is 1. The van der Waals surface area contributed by atoms with E-state index in [1.165, 1.54) is 12.3 Å². The molecule has 1 rings (SSSR count). The number of pyridine rings is 1. The van der Waals surface area contributed by atoms with Gasteiger partial charge in [0, 0.05) is 12.7 Å². The molecular formula is C13H20ClN3O. The normalized spacial score (nSPS) is 13.2. The van der Waals surface area contributed by atoms with Gasteiger partial charge in [-0.25, -0.2) is 4.98 Å². The number of aromatic nitrogens is 1. The van der Waals surface area contributed by atoms with E-state index in [-0.39, 0.29) is 17.1 Å². The highest BCUT2D eigenvalue weighted by molar-refractivity contribution is 6.33. The van der Waals surface area contributed by atoms with Crippen molar-refractivity contribution in [2.75, 3.05) is 12.3 Å². The molecule has 0 aromatic carbocycles. The standard InChI is InChI=1S/C13H20ClN3O/c1-8(13(2,3)4)6-17-12(18)9-5-10(14)11(15)16-7-9/h5,7-8H,6H2,1-4H3,(H2,15,16)(H,17,18). The predicted octanol–water partition coefficient (Wildman–Crippen LogP) is 2.73. The number of rotatable bonds is 3. The van der Waals surface area contributed by atoms with E-state index in [1.54, 1.807) is 0 Å². The Morgan fingerprint density at radius 3 is 2.67 bits per heavy atom. The number of hydrogen-bond donors (Lipinski definition) is 2. The van der Waals surface area contributed by atoms with Crippen molar-refractivity contribution in [3.63, 3.8) is 0 Å². The van der Waals surface area contributed by atoms with Crippen molar-refractivity contribution in [2.24, 2.45) is 11.3 Å². The number of amides is 1. The van der Waals surface area contributed by atoms with E-state index in [2.05, 4.69) is 38.0 Å². The number of nitrogens with two attached hydrogens (primary N) is 1. The summed E-state index contributed by atoms with van der Waals surface area (Å²) >= 11 is 5.83. The van der Waals surface area contributed by atoms with Gasteiger partial charge in [-0.05, 0) is 17.4 Å². The summed E-state index contributed by atoms with van der Waals surface area (Å²) in [7, 11) is 0. The lowest BCUT2D eigenvalue weighted by Gasteiger charge is -2.27. The third-order valence-corrected chi connectivity index (χ3v) is 3.48. The summed E-state index contributed by atoms with van der Waals surface area (Å²) in [5, 5.41) is 3.17. The molecule has 100 valence electrons. The van der Waals surface area contributed by atoms with E-state index in [1.807, 2.05) is 0 Å². The molecule has 0 aliphatic rings. The second-order valence-corrected chi connectivity index (χ2v) is 5.98. The largest absolute Gasteiger partial charge is 0.382 e. The monoisotopic (exact) mass is 269 g/mol. The first-order chi connectivity index (χ1) is 8.21. The highest BCUT2D eigenvalue weighted by Gasteiger charge is 2.20. The van der Waals surface area contributed by atoms with Crippen LogP contribution in [-0.2, 0) is 0 Å². The molecule has 3 N–H and O–H groups in total. The minimum absolute atomic E-state index is 0.157. The molecular weight excluding hydrogens is 250 g/mol. The first-order valence-corrected chi connectivity index (χ1v) is 6.29. The summed E-state index contributed by atoms with van der Waals surface area (Å²) in [6.45, 7) is 9.15. The Morgan fingerprint density at radius 2 is 2.17 bits per heavy atom. The fraction of sp³-hybridized carbons (Fsp3) is 0.538. The fourth-order valence-electron chi connectivity index (χ4n) is 1.23. The highest BCUT2D eigenvalue weighted by Crippen LogP contribution is 2.24. The van der Waals surface area contributed by atoms with Crippen molar-refractivity contribution < 1.29 is 4.79 Å². The summed E-state index contributed by atoms with van der Waals surface area (Å²) < 4.78 is 0. The van der Waals surface area contributed by atoms with Gasteiger partial charge in [0.05, 0.1) is 10.6 Å². The molecule has 1 unspecified atom stereocenters. The summed E-state index contributed by atoms with van der Waals surface area (Å²) in [6.07, 6.45) is 1.43. The zero-order valence-electron chi connectivity index (χ0n) is 11.2. The molecule has 0 aliphatic heterocycles. The van der Waals surface area contributed by atoms with Crippen LogP contribution in [0.15, 0.2) is 12.3 Å². The molecule has 1 aromatic heterocycles. The number of nitrogen functional groups attached to an aromatic ring is 1. The Balaban J connectivity index is 2.63. The van der Waals surface area contributed by atoms with Gasteiger partial charge in [-0.1, -0.05) is 39.3 Å². The van der Waals surface area contributed by atoms with E-state index in [9.17, 15) is 4.79 Å². The quantitative estimate of drug-likeness (QED) is 0.887. The molecule has 0 saturated carbocycles. The Hall–Kier alpha value is -1.29. The molecule has 1 amide bonds. The maximum absolute atomic E-state index is 11.9. The van der Waals surface area contributed by atoms with Crippen LogP contribution in [0.2, 0.25) is 5.02 Å². The van der Waals surface area contributed by atoms with E-state index in [4.69, 9.17) is 17.3 Å². The lowest BCUT2D eigenvalue weighted by molar-refractivity contribution is 0.0936. The van der Waals surface area contributed by atoms with E-state index in [0.29, 0.717) is 23.0 Å². The topological polar surface area (TPSA) is 68.0 Å². The molecule has 0 bridgehead atoms. The summed E-state index contributed by atoms with van der Waals surface area (Å²) in [5.74, 6) is 0.426. The molecule has 18 heavy (non-hydrogen) atoms. The average Bonchev–Trinajstić information content (AvgIpc) is 2.27. The van der Waals surface area contributed by atoms with E-state index < -0.39 is 0 Å². The Morgan fingerprint density at radius 1 is 1.56 bits per heavy atom. The summed E-state index contributed by atoms with van der Waals surface area (Å²) in [4.78, 5) is 15.7. The van der Waals surface area contributed by atoms with Gasteiger partial charge in [0.15, 0.2) is 0 Å². The van der Waals surface area contributed by atoms with E-state index in [0.717, 1.165) is 0 Å². The Labute approximate surface area is 113 Å². The molecule has 0 spiro atoms. The van der Waals surface area contributed by atoms with Crippen LogP contribution in [0.3, 0.4) is 0 Å². The van der Waals surface area contributed by atoms with Crippen LogP contribution in [0.1, 0.15) is 38.1 Å². The molecule has 1 atom stereocenters. The van der Waals surface area contributed by atoms with Crippen LogP contribution in [0, 0.1) is 11.3 Å². The zero-order chi connectivity index (χ0) is 13.9. The van der Waals surface area contributed by atoms with Crippen LogP contribution in [0.5, 0.6) is 0 Å². The molecule has 0 aliphatic carbocycles. The van der Waals surface area contributed by atoms with E-state index >= 15 is 0 Å². The second-order valence-electron chi connectivity index (χ2n) is 5.57. The van der Waals surface area contributed by atoms with Gasteiger partial charge in [0.25, 0.3) is 5.91 Å². The van der Waals surface area contributed by atoms with Gasteiger partial charge in [-0.15, -0.1) is 0 Å². The summed E-state index contributed by atoms with van der Waals surface area (Å²) in [6, 6.07) is 1.53. The molecule has 0 radical (unpaired) electrons. The Kier molecular flexibility index (Phi) is 4.57. The minimum Gasteiger partial charge on any atom is -0.382 e. The van der Waals surface area contributed by atoms with Crippen molar-refractivity contribution in [1.82, 2.24) is 10.3 Å². The van der Waals surface area contributed by atoms with Crippen molar-refractivity contribution >= 4 is 23.3 Å². The number of carbonyl (C=O) groups excluding carboxylic acids is 1. The summed E-state index contributed by atoms with van der Waals surface area (Å²) in [5.41, 5.74) is 6.08. The van der Waals surface area contributed by atoms with Crippen molar-refractivity contribution in [1.29, 1.82) is 0 Å². The van der Waals surface area contributed by atoms with Crippen molar-refractivity contribution in [3.8, 4) is 0 Å². The number of nitrogens with one attached hydrogen (secondary N) is 1. The van der Waals surface area contributed by atoms with Crippen molar-refractivity contribution in [3.05, 3.63) is 22.8 Å². The first kappa shape index (κ1) is 14.8. The lowest BCUT2D eigenvalue weighted by Crippen LogP contribution is -2.33. The van der Waals surface area contributed by atoms with Gasteiger partial charge in [0.1, 0.15) is 5.82 Å². The number of hydrogen-bond acceptors (Lipinski definition) is 3. The van der Waals surface area contributed by atoms with Gasteiger partial charge < -0.3 is 11.1 Å². The maximum atomic E-state index is 11.9. The molecule has 0 saturated heterocycles. The fourth-order valence-corrected chi connectivity index (χ4v) is 1.39. The van der Waals surface area contributed by atoms with Crippen LogP contribution in [0.25, 0.3) is 0 Å². The van der Waals surface area contributed by atoms with Gasteiger partial charge >= 0.3 is 0 Å². The predicted molar refractivity (Wildman–Crippen MR) is 74.6 cm³/mol. The number of halogens is 1.